The Balaban J connectivity index is 1.82. The molecule has 0 radical (unpaired) electrons. The molecule has 1 aromatic heterocycles. The number of hydrogen-bond donors (Lipinski definition) is 3. The molecular weight excluding hydrogens is 354 g/mol. The zero-order valence-corrected chi connectivity index (χ0v) is 15.0. The smallest absolute Gasteiger partial charge is 0.269 e. The van der Waals surface area contributed by atoms with Crippen LogP contribution in [-0.4, -0.2) is 21.0 Å². The van der Waals surface area contributed by atoms with Crippen molar-refractivity contribution in [3.63, 3.8) is 0 Å². The van der Waals surface area contributed by atoms with E-state index in [0.717, 1.165) is 11.5 Å². The molecular formula is C17H17N5O3S. The average molecular weight is 371 g/mol. The van der Waals surface area contributed by atoms with Gasteiger partial charge in [-0.1, -0.05) is 13.0 Å². The number of rotatable bonds is 4. The van der Waals surface area contributed by atoms with Gasteiger partial charge < -0.3 is 20.2 Å². The number of phenols is 1. The monoisotopic (exact) mass is 371 g/mol. The zero-order chi connectivity index (χ0) is 18.7. The lowest BCUT2D eigenvalue weighted by Crippen LogP contribution is -2.36. The van der Waals surface area contributed by atoms with Crippen LogP contribution in [0.3, 0.4) is 0 Å². The number of phenolic OH excluding ortho intramolecular Hbond substituents is 1. The Morgan fingerprint density at radius 3 is 2.73 bits per heavy atom. The molecule has 2 aromatic rings. The number of hydrogen-bond acceptors (Lipinski definition) is 6. The lowest BCUT2D eigenvalue weighted by molar-refractivity contribution is 0.424. The predicted molar refractivity (Wildman–Crippen MR) is 99.1 cm³/mol. The van der Waals surface area contributed by atoms with Crippen molar-refractivity contribution >= 4 is 28.5 Å². The van der Waals surface area contributed by atoms with Crippen molar-refractivity contribution in [1.82, 2.24) is 5.32 Å². The highest BCUT2D eigenvalue weighted by atomic mass is 32.2. The molecule has 0 saturated heterocycles. The molecule has 2 atom stereocenters. The number of aryl methyl sites for hydroxylation is 1. The number of furan rings is 1. The van der Waals surface area contributed by atoms with Crippen LogP contribution in [-0.2, 0) is 11.2 Å². The summed E-state index contributed by atoms with van der Waals surface area (Å²) >= 11 is -1.77. The Hall–Kier alpha value is -3.12. The number of amidine groups is 2. The first-order chi connectivity index (χ1) is 12.5. The fourth-order valence-corrected chi connectivity index (χ4v) is 3.11. The summed E-state index contributed by atoms with van der Waals surface area (Å²) in [5.74, 6) is 1.84. The molecule has 0 amide bonds. The fourth-order valence-electron chi connectivity index (χ4n) is 2.48. The van der Waals surface area contributed by atoms with E-state index in [-0.39, 0.29) is 28.9 Å². The van der Waals surface area contributed by atoms with E-state index in [9.17, 15) is 9.32 Å². The summed E-state index contributed by atoms with van der Waals surface area (Å²) in [6.45, 7) is 3.84. The van der Waals surface area contributed by atoms with Crippen molar-refractivity contribution in [2.75, 3.05) is 5.32 Å². The molecule has 1 aromatic carbocycles. The molecule has 26 heavy (non-hydrogen) atoms. The largest absolute Gasteiger partial charge is 0.504 e. The molecule has 1 aliphatic heterocycles. The van der Waals surface area contributed by atoms with Gasteiger partial charge in [-0.2, -0.15) is 5.26 Å². The quantitative estimate of drug-likeness (QED) is 0.710. The Labute approximate surface area is 153 Å². The van der Waals surface area contributed by atoms with Crippen LogP contribution in [0, 0.1) is 18.3 Å². The zero-order valence-electron chi connectivity index (χ0n) is 14.2. The fraction of sp³-hybridized carbons (Fsp3) is 0.235. The second-order valence-electron chi connectivity index (χ2n) is 5.60. The Morgan fingerprint density at radius 2 is 2.08 bits per heavy atom. The molecule has 3 rings (SSSR count). The number of nitrogens with one attached hydrogen (secondary N) is 2. The van der Waals surface area contributed by atoms with E-state index in [1.165, 1.54) is 6.07 Å². The van der Waals surface area contributed by atoms with Crippen LogP contribution in [0.25, 0.3) is 0 Å². The summed E-state index contributed by atoms with van der Waals surface area (Å²) in [5, 5.41) is 25.2. The van der Waals surface area contributed by atoms with Crippen LogP contribution in [0.2, 0.25) is 0 Å². The summed E-state index contributed by atoms with van der Waals surface area (Å²) in [6.07, 6.45) is 0.709. The summed E-state index contributed by atoms with van der Waals surface area (Å²) < 4.78 is 25.4. The van der Waals surface area contributed by atoms with Crippen LogP contribution in [0.15, 0.2) is 43.5 Å². The number of para-hydroxylation sites is 1. The van der Waals surface area contributed by atoms with Crippen LogP contribution in [0.4, 0.5) is 5.69 Å². The number of aromatic hydroxyl groups is 1. The minimum Gasteiger partial charge on any atom is -0.504 e. The lowest BCUT2D eigenvalue weighted by atomic mass is 10.1. The van der Waals surface area contributed by atoms with Gasteiger partial charge in [0.05, 0.1) is 17.3 Å². The maximum atomic E-state index is 11.8. The minimum atomic E-state index is -1.77. The summed E-state index contributed by atoms with van der Waals surface area (Å²) in [7, 11) is 0. The maximum Gasteiger partial charge on any atom is 0.269 e. The van der Waals surface area contributed by atoms with E-state index >= 15 is 0 Å². The first-order valence-electron chi connectivity index (χ1n) is 7.93. The third-order valence-electron chi connectivity index (χ3n) is 3.80. The highest BCUT2D eigenvalue weighted by molar-refractivity contribution is 7.83. The molecule has 2 unspecified atom stereocenters. The van der Waals surface area contributed by atoms with E-state index in [1.807, 2.05) is 32.0 Å². The molecule has 0 bridgehead atoms. The van der Waals surface area contributed by atoms with E-state index in [1.54, 1.807) is 12.1 Å². The van der Waals surface area contributed by atoms with Crippen molar-refractivity contribution in [3.05, 3.63) is 47.4 Å². The van der Waals surface area contributed by atoms with Gasteiger partial charge in [0.25, 0.3) is 11.2 Å². The first-order valence-corrected chi connectivity index (χ1v) is 9.00. The molecule has 134 valence electrons. The third kappa shape index (κ3) is 3.60. The van der Waals surface area contributed by atoms with Crippen molar-refractivity contribution < 1.29 is 13.7 Å². The van der Waals surface area contributed by atoms with Gasteiger partial charge in [-0.05, 0) is 37.6 Å². The normalized spacial score (nSPS) is 17.2. The summed E-state index contributed by atoms with van der Waals surface area (Å²) in [6, 6.07) is 10.2. The van der Waals surface area contributed by atoms with Crippen molar-refractivity contribution in [2.24, 2.45) is 8.80 Å². The maximum absolute atomic E-state index is 11.8. The first kappa shape index (κ1) is 17.7. The van der Waals surface area contributed by atoms with Gasteiger partial charge in [-0.15, -0.1) is 8.80 Å². The molecule has 1 aliphatic rings. The SMILES string of the molecule is CCC(NC1=NS(=O)N=C1Nc1cccc(C#N)c1O)c1ccc(C)o1. The van der Waals surface area contributed by atoms with Gasteiger partial charge in [-0.3, -0.25) is 0 Å². The van der Waals surface area contributed by atoms with Crippen LogP contribution in [0.1, 0.15) is 36.5 Å². The molecule has 3 N–H and O–H groups in total. The van der Waals surface area contributed by atoms with Gasteiger partial charge in [-0.25, -0.2) is 4.21 Å². The number of nitriles is 1. The van der Waals surface area contributed by atoms with E-state index in [4.69, 9.17) is 9.68 Å². The van der Waals surface area contributed by atoms with Crippen molar-refractivity contribution in [2.45, 2.75) is 26.3 Å². The average Bonchev–Trinajstić information content (AvgIpc) is 3.20. The molecule has 0 aliphatic carbocycles. The number of anilines is 1. The molecule has 9 heteroatoms. The molecule has 8 nitrogen and oxygen atoms in total. The van der Waals surface area contributed by atoms with E-state index in [2.05, 4.69) is 19.4 Å². The van der Waals surface area contributed by atoms with E-state index in [0.29, 0.717) is 12.3 Å². The van der Waals surface area contributed by atoms with Gasteiger partial charge in [0.2, 0.25) is 0 Å². The second kappa shape index (κ2) is 7.41. The van der Waals surface area contributed by atoms with E-state index < -0.39 is 11.2 Å². The van der Waals surface area contributed by atoms with Gasteiger partial charge in [0.15, 0.2) is 17.4 Å². The van der Waals surface area contributed by atoms with Gasteiger partial charge >= 0.3 is 0 Å². The third-order valence-corrected chi connectivity index (χ3v) is 4.47. The topological polar surface area (TPSA) is 123 Å². The highest BCUT2D eigenvalue weighted by Gasteiger charge is 2.24. The Morgan fingerprint density at radius 1 is 1.31 bits per heavy atom. The standard InChI is InChI=1S/C17H17N5O3S/c1-3-12(14-8-7-10(2)25-14)19-16-17(22-26(24)21-16)20-13-6-4-5-11(9-18)15(13)23/h4-8,12,23H,3H2,1-2H3,(H,19,21)(H,20,22). The molecule has 0 fully saturated rings. The van der Waals surface area contributed by atoms with Gasteiger partial charge in [0.1, 0.15) is 17.6 Å². The number of benzene rings is 1. The lowest BCUT2D eigenvalue weighted by Gasteiger charge is -2.17. The minimum absolute atomic E-state index is 0.124. The van der Waals surface area contributed by atoms with Crippen molar-refractivity contribution in [3.8, 4) is 11.8 Å². The summed E-state index contributed by atoms with van der Waals surface area (Å²) in [4.78, 5) is 0. The summed E-state index contributed by atoms with van der Waals surface area (Å²) in [5.41, 5.74) is 0.400. The van der Waals surface area contributed by atoms with Crippen LogP contribution >= 0.6 is 0 Å². The Kier molecular flexibility index (Phi) is 5.04. The van der Waals surface area contributed by atoms with Gasteiger partial charge in [0, 0.05) is 0 Å². The molecule has 0 saturated carbocycles. The second-order valence-corrected chi connectivity index (χ2v) is 6.43. The van der Waals surface area contributed by atoms with Crippen LogP contribution in [0.5, 0.6) is 5.75 Å². The van der Waals surface area contributed by atoms with Crippen LogP contribution < -0.4 is 10.6 Å². The highest BCUT2D eigenvalue weighted by Crippen LogP contribution is 2.27. The predicted octanol–water partition coefficient (Wildman–Crippen LogP) is 2.71. The number of nitrogens with zero attached hydrogens (tertiary/aromatic N) is 3. The molecule has 2 heterocycles. The van der Waals surface area contributed by atoms with Crippen molar-refractivity contribution in [1.29, 1.82) is 5.26 Å². The molecule has 0 spiro atoms. The Bertz CT molecular complexity index is 958.